The van der Waals surface area contributed by atoms with Crippen LogP contribution in [0.2, 0.25) is 0 Å². The van der Waals surface area contributed by atoms with Gasteiger partial charge < -0.3 is 9.47 Å². The Balaban J connectivity index is 3.05. The van der Waals surface area contributed by atoms with E-state index in [9.17, 15) is 4.79 Å². The molecule has 0 amide bonds. The highest BCUT2D eigenvalue weighted by Crippen LogP contribution is 2.15. The maximum Gasteiger partial charge on any atom is 0.360 e. The average molecular weight is 241 g/mol. The zero-order valence-corrected chi connectivity index (χ0v) is 10.8. The molecule has 6 nitrogen and oxygen atoms in total. The molecule has 0 radical (unpaired) electrons. The normalized spacial score (nSPS) is 12.5. The SMILES string of the molecule is CCCc1c(C(=O)OC)nnn1C(C)COC. The van der Waals surface area contributed by atoms with E-state index in [1.807, 2.05) is 13.8 Å². The molecule has 1 atom stereocenters. The van der Waals surface area contributed by atoms with Gasteiger partial charge in [-0.1, -0.05) is 18.6 Å². The smallest absolute Gasteiger partial charge is 0.360 e. The van der Waals surface area contributed by atoms with Crippen molar-refractivity contribution in [3.8, 4) is 0 Å². The number of rotatable bonds is 6. The predicted octanol–water partition coefficient (Wildman–Crippen LogP) is 1.22. The van der Waals surface area contributed by atoms with Crippen LogP contribution < -0.4 is 0 Å². The Kier molecular flexibility index (Phi) is 5.09. The Morgan fingerprint density at radius 2 is 2.18 bits per heavy atom. The van der Waals surface area contributed by atoms with Crippen LogP contribution in [-0.4, -0.2) is 41.8 Å². The van der Waals surface area contributed by atoms with Gasteiger partial charge in [0.25, 0.3) is 0 Å². The molecule has 1 heterocycles. The van der Waals surface area contributed by atoms with Crippen LogP contribution in [0.5, 0.6) is 0 Å². The maximum atomic E-state index is 11.5. The summed E-state index contributed by atoms with van der Waals surface area (Å²) in [5.74, 6) is -0.440. The van der Waals surface area contributed by atoms with Gasteiger partial charge in [-0.05, 0) is 13.3 Å². The van der Waals surface area contributed by atoms with Gasteiger partial charge in [0.15, 0.2) is 5.69 Å². The zero-order chi connectivity index (χ0) is 12.8. The fourth-order valence-electron chi connectivity index (χ4n) is 1.70. The lowest BCUT2D eigenvalue weighted by atomic mass is 10.2. The lowest BCUT2D eigenvalue weighted by Gasteiger charge is -2.13. The number of carbonyl (C=O) groups excluding carboxylic acids is 1. The van der Waals surface area contributed by atoms with Gasteiger partial charge in [-0.15, -0.1) is 5.10 Å². The lowest BCUT2D eigenvalue weighted by Crippen LogP contribution is -2.16. The molecule has 0 saturated carbocycles. The van der Waals surface area contributed by atoms with Crippen molar-refractivity contribution in [2.45, 2.75) is 32.7 Å². The summed E-state index contributed by atoms with van der Waals surface area (Å²) in [7, 11) is 2.98. The minimum absolute atomic E-state index is 0.0486. The maximum absolute atomic E-state index is 11.5. The summed E-state index contributed by atoms with van der Waals surface area (Å²) in [6.45, 7) is 4.54. The summed E-state index contributed by atoms with van der Waals surface area (Å²) in [6, 6.07) is 0.0486. The Morgan fingerprint density at radius 1 is 1.47 bits per heavy atom. The monoisotopic (exact) mass is 241 g/mol. The average Bonchev–Trinajstić information content (AvgIpc) is 2.73. The molecule has 0 aliphatic heterocycles. The van der Waals surface area contributed by atoms with E-state index in [1.54, 1.807) is 11.8 Å². The van der Waals surface area contributed by atoms with E-state index in [4.69, 9.17) is 9.47 Å². The highest BCUT2D eigenvalue weighted by molar-refractivity contribution is 5.88. The van der Waals surface area contributed by atoms with Crippen LogP contribution in [0.3, 0.4) is 0 Å². The summed E-state index contributed by atoms with van der Waals surface area (Å²) in [5.41, 5.74) is 1.11. The molecule has 0 aliphatic rings. The third-order valence-electron chi connectivity index (χ3n) is 2.48. The van der Waals surface area contributed by atoms with Crippen molar-refractivity contribution < 1.29 is 14.3 Å². The quantitative estimate of drug-likeness (QED) is 0.701. The molecular formula is C11H19N3O3. The highest BCUT2D eigenvalue weighted by atomic mass is 16.5. The minimum atomic E-state index is -0.440. The van der Waals surface area contributed by atoms with Crippen molar-refractivity contribution in [1.82, 2.24) is 15.0 Å². The van der Waals surface area contributed by atoms with Gasteiger partial charge in [0.2, 0.25) is 0 Å². The Morgan fingerprint density at radius 3 is 2.71 bits per heavy atom. The van der Waals surface area contributed by atoms with E-state index >= 15 is 0 Å². The molecule has 1 unspecified atom stereocenters. The number of hydrogen-bond acceptors (Lipinski definition) is 5. The van der Waals surface area contributed by atoms with Crippen molar-refractivity contribution in [3.63, 3.8) is 0 Å². The van der Waals surface area contributed by atoms with Crippen LogP contribution in [-0.2, 0) is 15.9 Å². The molecule has 1 aromatic rings. The first-order valence-electron chi connectivity index (χ1n) is 5.67. The molecular weight excluding hydrogens is 222 g/mol. The van der Waals surface area contributed by atoms with E-state index in [1.165, 1.54) is 7.11 Å². The van der Waals surface area contributed by atoms with E-state index in [2.05, 4.69) is 10.3 Å². The first-order chi connectivity index (χ1) is 8.15. The first-order valence-corrected chi connectivity index (χ1v) is 5.67. The summed E-state index contributed by atoms with van der Waals surface area (Å²) in [6.07, 6.45) is 1.66. The fraction of sp³-hybridized carbons (Fsp3) is 0.727. The van der Waals surface area contributed by atoms with Crippen LogP contribution in [0, 0.1) is 0 Å². The Hall–Kier alpha value is -1.43. The van der Waals surface area contributed by atoms with E-state index in [-0.39, 0.29) is 6.04 Å². The predicted molar refractivity (Wildman–Crippen MR) is 61.9 cm³/mol. The molecule has 0 fully saturated rings. The molecule has 0 saturated heterocycles. The first kappa shape index (κ1) is 13.6. The number of methoxy groups -OCH3 is 2. The summed E-state index contributed by atoms with van der Waals surface area (Å²) >= 11 is 0. The van der Waals surface area contributed by atoms with Crippen molar-refractivity contribution >= 4 is 5.97 Å². The standard InChI is InChI=1S/C11H19N3O3/c1-5-6-9-10(11(15)17-4)12-13-14(9)8(2)7-16-3/h8H,5-7H2,1-4H3. The molecule has 1 aromatic heterocycles. The topological polar surface area (TPSA) is 66.2 Å². The third kappa shape index (κ3) is 3.03. The number of carbonyl (C=O) groups is 1. The molecule has 96 valence electrons. The number of hydrogen-bond donors (Lipinski definition) is 0. The number of aromatic nitrogens is 3. The van der Waals surface area contributed by atoms with Gasteiger partial charge in [-0.3, -0.25) is 0 Å². The third-order valence-corrected chi connectivity index (χ3v) is 2.48. The molecule has 6 heteroatoms. The van der Waals surface area contributed by atoms with Crippen LogP contribution in [0.1, 0.15) is 42.5 Å². The second kappa shape index (κ2) is 6.34. The van der Waals surface area contributed by atoms with Crippen molar-refractivity contribution in [3.05, 3.63) is 11.4 Å². The molecule has 0 aliphatic carbocycles. The summed E-state index contributed by atoms with van der Waals surface area (Å²) in [5, 5.41) is 7.90. The van der Waals surface area contributed by atoms with Gasteiger partial charge in [0.1, 0.15) is 0 Å². The van der Waals surface area contributed by atoms with Crippen molar-refractivity contribution in [2.75, 3.05) is 20.8 Å². The zero-order valence-electron chi connectivity index (χ0n) is 10.8. The van der Waals surface area contributed by atoms with Crippen LogP contribution in [0.25, 0.3) is 0 Å². The molecule has 0 N–H and O–H groups in total. The number of nitrogens with zero attached hydrogens (tertiary/aromatic N) is 3. The summed E-state index contributed by atoms with van der Waals surface area (Å²) in [4.78, 5) is 11.5. The second-order valence-electron chi connectivity index (χ2n) is 3.88. The van der Waals surface area contributed by atoms with Gasteiger partial charge in [0.05, 0.1) is 25.5 Å². The number of ether oxygens (including phenoxy) is 2. The van der Waals surface area contributed by atoms with Crippen LogP contribution in [0.4, 0.5) is 0 Å². The molecule has 1 rings (SSSR count). The number of esters is 1. The molecule has 0 bridgehead atoms. The summed E-state index contributed by atoms with van der Waals surface area (Å²) < 4.78 is 11.5. The van der Waals surface area contributed by atoms with E-state index < -0.39 is 5.97 Å². The van der Waals surface area contributed by atoms with Gasteiger partial charge in [-0.25, -0.2) is 9.48 Å². The van der Waals surface area contributed by atoms with Gasteiger partial charge >= 0.3 is 5.97 Å². The van der Waals surface area contributed by atoms with Gasteiger partial charge in [-0.2, -0.15) is 0 Å². The van der Waals surface area contributed by atoms with Crippen LogP contribution >= 0.6 is 0 Å². The molecule has 0 aromatic carbocycles. The fourth-order valence-corrected chi connectivity index (χ4v) is 1.70. The van der Waals surface area contributed by atoms with Crippen molar-refractivity contribution in [2.24, 2.45) is 0 Å². The van der Waals surface area contributed by atoms with Crippen molar-refractivity contribution in [1.29, 1.82) is 0 Å². The van der Waals surface area contributed by atoms with E-state index in [0.29, 0.717) is 12.3 Å². The Labute approximate surface area is 101 Å². The Bertz CT molecular complexity index is 376. The van der Waals surface area contributed by atoms with Gasteiger partial charge in [0, 0.05) is 7.11 Å². The minimum Gasteiger partial charge on any atom is -0.464 e. The lowest BCUT2D eigenvalue weighted by molar-refractivity contribution is 0.0592. The highest BCUT2D eigenvalue weighted by Gasteiger charge is 2.21. The second-order valence-corrected chi connectivity index (χ2v) is 3.88. The molecule has 0 spiro atoms. The molecule has 17 heavy (non-hydrogen) atoms. The van der Waals surface area contributed by atoms with E-state index in [0.717, 1.165) is 18.5 Å². The van der Waals surface area contributed by atoms with Crippen LogP contribution in [0.15, 0.2) is 0 Å². The largest absolute Gasteiger partial charge is 0.464 e.